The number of anilines is 15. The zero-order valence-corrected chi connectivity index (χ0v) is 54.1. The molecular weight excluding hydrogens is 1270 g/mol. The van der Waals surface area contributed by atoms with E-state index < -0.39 is 0 Å². The van der Waals surface area contributed by atoms with Gasteiger partial charge in [-0.3, -0.25) is 0 Å². The van der Waals surface area contributed by atoms with Gasteiger partial charge in [-0.05, 0) is 66.7 Å². The van der Waals surface area contributed by atoms with Crippen molar-refractivity contribution in [2.75, 3.05) is 24.5 Å². The first kappa shape index (κ1) is 53.7. The second kappa shape index (κ2) is 21.3. The van der Waals surface area contributed by atoms with Gasteiger partial charge in [0.05, 0.1) is 5.69 Å². The summed E-state index contributed by atoms with van der Waals surface area (Å²) in [6.07, 6.45) is 0. The predicted molar refractivity (Wildman–Crippen MR) is 400 cm³/mol. The van der Waals surface area contributed by atoms with Gasteiger partial charge in [-0.15, -0.1) is 0 Å². The van der Waals surface area contributed by atoms with E-state index >= 15 is 0 Å². The van der Waals surface area contributed by atoms with E-state index in [4.69, 9.17) is 4.74 Å². The van der Waals surface area contributed by atoms with Gasteiger partial charge in [0.15, 0.2) is 0 Å². The fourth-order valence-corrected chi connectivity index (χ4v) is 20.5. The van der Waals surface area contributed by atoms with Crippen LogP contribution in [0, 0.1) is 0 Å². The summed E-state index contributed by atoms with van der Waals surface area (Å²) >= 11 is 0.329. The van der Waals surface area contributed by atoms with Crippen LogP contribution in [-0.4, -0.2) is 42.4 Å². The molecule has 10 heteroatoms. The van der Waals surface area contributed by atoms with Crippen LogP contribution < -0.4 is 62.0 Å². The summed E-state index contributed by atoms with van der Waals surface area (Å²) in [7, 11) is 0. The first-order valence-electron chi connectivity index (χ1n) is 32.1. The van der Waals surface area contributed by atoms with Crippen LogP contribution in [0.2, 0.25) is 0 Å². The molecule has 438 valence electrons. The van der Waals surface area contributed by atoms with Crippen molar-refractivity contribution < 1.29 is 4.74 Å². The molecule has 0 saturated heterocycles. The fraction of sp³-hybridized carbons (Fsp3) is 0. The molecule has 20 rings (SSSR count). The van der Waals surface area contributed by atoms with Crippen LogP contribution in [0.5, 0.6) is 11.5 Å². The molecule has 0 spiro atoms. The Morgan fingerprint density at radius 3 is 1.24 bits per heavy atom. The molecule has 6 nitrogen and oxygen atoms in total. The van der Waals surface area contributed by atoms with Crippen molar-refractivity contribution in [3.05, 3.63) is 322 Å². The third-order valence-electron chi connectivity index (χ3n) is 19.6. The van der Waals surface area contributed by atoms with Gasteiger partial charge in [-0.25, -0.2) is 0 Å². The van der Waals surface area contributed by atoms with Crippen molar-refractivity contribution in [2.24, 2.45) is 0 Å². The van der Waals surface area contributed by atoms with Crippen LogP contribution in [0.1, 0.15) is 0 Å². The first-order chi connectivity index (χ1) is 46.6. The maximum Gasteiger partial charge on any atom is -0.0380 e. The van der Waals surface area contributed by atoms with Gasteiger partial charge in [0.1, 0.15) is 0 Å². The normalized spacial score (nSPS) is 13.1. The Morgan fingerprint density at radius 2 is 0.670 bits per heavy atom. The number of benzene rings is 14. The average Bonchev–Trinajstić information content (AvgIpc) is 0.802. The number of rotatable bonds is 9. The van der Waals surface area contributed by atoms with Crippen LogP contribution in [0.15, 0.2) is 322 Å². The van der Waals surface area contributed by atoms with Crippen LogP contribution in [0.4, 0.5) is 85.3 Å². The molecule has 0 saturated carbocycles. The molecule has 0 atom stereocenters. The topological polar surface area (TPSA) is 25.4 Å². The Bertz CT molecular complexity index is 5690. The molecule has 16 aromatic rings. The van der Waals surface area contributed by atoms with Crippen molar-refractivity contribution >= 4 is 199 Å². The SMILES string of the molecule is c1ccc(N(c2ccccc2)c2cc3c4c(c2)N(c2ccccc2)c2cc5c(cc2B4c2ccccc2N3c2ccccc2)B2c3ccccc3N(c3ccc4c(c3)[se]c3ccccc34)c3cc(N(c4ccccc4)c4ccc6c(c4)[se]c4ccccc46)cc(c32)O5)cc1. The van der Waals surface area contributed by atoms with Crippen molar-refractivity contribution in [2.45, 2.75) is 0 Å². The summed E-state index contributed by atoms with van der Waals surface area (Å²) in [6.45, 7) is -0.345. The Hall–Kier alpha value is -11.0. The fourth-order valence-electron chi connectivity index (χ4n) is 15.7. The number of hydrogen-bond acceptors (Lipinski definition) is 6. The molecule has 0 aliphatic carbocycles. The van der Waals surface area contributed by atoms with Gasteiger partial charge >= 0.3 is 348 Å². The van der Waals surface area contributed by atoms with Crippen LogP contribution in [0.3, 0.4) is 0 Å². The van der Waals surface area contributed by atoms with Crippen LogP contribution >= 0.6 is 0 Å². The van der Waals surface area contributed by atoms with Gasteiger partial charge in [0, 0.05) is 39.8 Å². The molecule has 14 aromatic carbocycles. The molecule has 0 N–H and O–H groups in total. The number of nitrogens with zero attached hydrogens (tertiary/aromatic N) is 5. The number of para-hydroxylation sites is 7. The van der Waals surface area contributed by atoms with Gasteiger partial charge in [0.25, 0.3) is 0 Å². The van der Waals surface area contributed by atoms with E-state index in [1.54, 1.807) is 0 Å². The molecule has 0 fully saturated rings. The summed E-state index contributed by atoms with van der Waals surface area (Å²) in [4.78, 5) is 12.4. The van der Waals surface area contributed by atoms with E-state index in [9.17, 15) is 0 Å². The summed E-state index contributed by atoms with van der Waals surface area (Å²) in [6, 6.07) is 120. The average molecular weight is 1330 g/mol. The smallest absolute Gasteiger partial charge is 0.0380 e. The zero-order valence-electron chi connectivity index (χ0n) is 50.7. The van der Waals surface area contributed by atoms with E-state index in [2.05, 4.69) is 346 Å². The predicted octanol–water partition coefficient (Wildman–Crippen LogP) is 17.8. The summed E-state index contributed by atoms with van der Waals surface area (Å²) in [5.74, 6) is 1.69. The molecule has 0 unspecified atom stereocenters. The molecule has 0 amide bonds. The molecule has 6 heterocycles. The number of ether oxygens (including phenoxy) is 1. The van der Waals surface area contributed by atoms with E-state index in [-0.39, 0.29) is 42.4 Å². The Morgan fingerprint density at radius 1 is 0.245 bits per heavy atom. The molecule has 0 radical (unpaired) electrons. The zero-order chi connectivity index (χ0) is 61.5. The van der Waals surface area contributed by atoms with Crippen molar-refractivity contribution in [3.8, 4) is 11.5 Å². The molecule has 94 heavy (non-hydrogen) atoms. The second-order valence-electron chi connectivity index (χ2n) is 24.7. The van der Waals surface area contributed by atoms with Gasteiger partial charge in [-0.1, -0.05) is 91.0 Å². The minimum Gasteiger partial charge on any atom is -0.0602 e. The standard InChI is InChI=1S/C84H53B2N5OSe2/c1-6-24-54(25-7-1)87(55-26-8-2-9-27-55)61-46-74-83-75(47-61)90(58-32-14-5-15-33-58)73-53-77-70(52-69(73)85(83)67-36-18-20-38-71(67)89(74)57-30-12-4-13-31-57)86-68-37-19-21-39-72(68)91(60-43-45-66-64-35-17-23-41-80(64)94-82(66)51-60)76-48-62(49-78(92-77)84(76)86)88(56-28-10-3-11-29-56)59-42-44-65-63-34-16-22-40-79(63)93-81(65)50-59/h1-53H. The third kappa shape index (κ3) is 8.24. The van der Waals surface area contributed by atoms with E-state index in [0.717, 1.165) is 108 Å². The minimum atomic E-state index is -0.187. The maximum atomic E-state index is 7.90. The monoisotopic (exact) mass is 1330 g/mol. The van der Waals surface area contributed by atoms with Gasteiger partial charge < -0.3 is 9.80 Å². The summed E-state index contributed by atoms with van der Waals surface area (Å²) < 4.78 is 13.5. The summed E-state index contributed by atoms with van der Waals surface area (Å²) in [5, 5.41) is 5.36. The maximum absolute atomic E-state index is 7.90. The molecule has 0 bridgehead atoms. The Kier molecular flexibility index (Phi) is 12.2. The first-order valence-corrected chi connectivity index (χ1v) is 35.5. The Labute approximate surface area is 557 Å². The second-order valence-corrected chi connectivity index (χ2v) is 29.3. The molecule has 2 aromatic heterocycles. The van der Waals surface area contributed by atoms with Gasteiger partial charge in [-0.2, -0.15) is 0 Å². The van der Waals surface area contributed by atoms with Crippen molar-refractivity contribution in [1.82, 2.24) is 0 Å². The van der Waals surface area contributed by atoms with Crippen molar-refractivity contribution in [3.63, 3.8) is 0 Å². The molecule has 4 aliphatic heterocycles. The van der Waals surface area contributed by atoms with E-state index in [0.29, 0.717) is 0 Å². The van der Waals surface area contributed by atoms with Crippen LogP contribution in [0.25, 0.3) is 38.6 Å². The minimum absolute atomic E-state index is 0.158. The van der Waals surface area contributed by atoms with Crippen LogP contribution in [-0.2, 0) is 0 Å². The number of hydrogen-bond donors (Lipinski definition) is 0. The molecular formula is C84H53B2N5OSe2. The quantitative estimate of drug-likeness (QED) is 0.134. The third-order valence-corrected chi connectivity index (χ3v) is 24.3. The molecule has 4 aliphatic rings. The Balaban J connectivity index is 0.852. The number of fused-ring (bicyclic) bond motifs is 14. The van der Waals surface area contributed by atoms with E-state index in [1.807, 2.05) is 0 Å². The van der Waals surface area contributed by atoms with Crippen molar-refractivity contribution in [1.29, 1.82) is 0 Å². The van der Waals surface area contributed by atoms with E-state index in [1.165, 1.54) is 60.4 Å². The summed E-state index contributed by atoms with van der Waals surface area (Å²) in [5.41, 5.74) is 23.7. The van der Waals surface area contributed by atoms with Gasteiger partial charge in [0.2, 0.25) is 0 Å². The largest absolute Gasteiger partial charge is 0.0602 e.